The molecule has 5 rings (SSSR count). The van der Waals surface area contributed by atoms with Gasteiger partial charge in [0.2, 0.25) is 12.7 Å². The SMILES string of the molecule is Cn1nc[n+](C)c1N=Nc1ccc(N2CCN(c3ccc(N=Nc4n(C)nc[n+]4C)cc3)CC2)cc1.O=S(=O)([O-])[O-]. The summed E-state index contributed by atoms with van der Waals surface area (Å²) in [6.45, 7) is 3.79. The van der Waals surface area contributed by atoms with Crippen LogP contribution in [0.15, 0.2) is 81.6 Å². The van der Waals surface area contributed by atoms with Gasteiger partial charge in [0.15, 0.2) is 0 Å². The maximum Gasteiger partial charge on any atom is 0.403 e. The molecule has 17 heteroatoms. The van der Waals surface area contributed by atoms with Crippen molar-refractivity contribution in [2.45, 2.75) is 0 Å². The Kier molecular flexibility index (Phi) is 9.10. The van der Waals surface area contributed by atoms with E-state index in [1.54, 1.807) is 22.0 Å². The fraction of sp³-hybridized carbons (Fsp3) is 0.333. The van der Waals surface area contributed by atoms with Gasteiger partial charge >= 0.3 is 11.9 Å². The van der Waals surface area contributed by atoms with Crippen LogP contribution < -0.4 is 18.9 Å². The van der Waals surface area contributed by atoms with Gasteiger partial charge in [0.05, 0.1) is 39.6 Å². The molecule has 216 valence electrons. The van der Waals surface area contributed by atoms with Crippen LogP contribution >= 0.6 is 0 Å². The first-order valence-corrected chi connectivity index (χ1v) is 13.8. The zero-order valence-corrected chi connectivity index (χ0v) is 23.8. The fourth-order valence-electron chi connectivity index (χ4n) is 4.13. The van der Waals surface area contributed by atoms with Gasteiger partial charge in [-0.3, -0.25) is 8.42 Å². The normalized spacial score (nSPS) is 14.1. The summed E-state index contributed by atoms with van der Waals surface area (Å²) in [5.41, 5.74) is 4.01. The predicted molar refractivity (Wildman–Crippen MR) is 145 cm³/mol. The minimum atomic E-state index is -5.17. The highest BCUT2D eigenvalue weighted by Gasteiger charge is 2.18. The first-order valence-electron chi connectivity index (χ1n) is 12.4. The maximum absolute atomic E-state index is 8.52. The standard InChI is InChI=1S/C24H30N12.H2O4S/c1-31-17-25-33(3)23(31)29-27-19-5-9-21(10-6-19)35-13-15-36(16-14-35)22-11-7-20(8-12-22)28-30-24-32(2)18-26-34(24)4;1-5(2,3)4/h5-12,17-18H,13-16H2,1-4H3;(H2,1,2,3,4)/q+2;/p-2. The van der Waals surface area contributed by atoms with Gasteiger partial charge in [0.1, 0.15) is 0 Å². The minimum Gasteiger partial charge on any atom is -0.759 e. The molecule has 0 amide bonds. The Bertz CT molecular complexity index is 1470. The monoisotopic (exact) mass is 582 g/mol. The van der Waals surface area contributed by atoms with Crippen LogP contribution in [-0.2, 0) is 38.6 Å². The van der Waals surface area contributed by atoms with Crippen molar-refractivity contribution in [3.63, 3.8) is 0 Å². The Morgan fingerprint density at radius 1 is 0.659 bits per heavy atom. The largest absolute Gasteiger partial charge is 0.759 e. The molecule has 41 heavy (non-hydrogen) atoms. The molecule has 0 radical (unpaired) electrons. The van der Waals surface area contributed by atoms with E-state index in [0.29, 0.717) is 11.9 Å². The lowest BCUT2D eigenvalue weighted by molar-refractivity contribution is -0.659. The summed E-state index contributed by atoms with van der Waals surface area (Å²) in [6, 6.07) is 16.4. The van der Waals surface area contributed by atoms with Crippen LogP contribution in [0.4, 0.5) is 34.6 Å². The molecular formula is C24H30N12O4S. The molecule has 0 atom stereocenters. The van der Waals surface area contributed by atoms with Crippen molar-refractivity contribution in [3.8, 4) is 0 Å². The highest BCUT2D eigenvalue weighted by Crippen LogP contribution is 2.25. The number of aryl methyl sites for hydroxylation is 4. The number of benzene rings is 2. The van der Waals surface area contributed by atoms with Crippen LogP contribution in [0.1, 0.15) is 0 Å². The Morgan fingerprint density at radius 2 is 0.976 bits per heavy atom. The molecule has 0 N–H and O–H groups in total. The second-order valence-corrected chi connectivity index (χ2v) is 9.96. The summed E-state index contributed by atoms with van der Waals surface area (Å²) in [5, 5.41) is 25.6. The molecule has 16 nitrogen and oxygen atoms in total. The van der Waals surface area contributed by atoms with Crippen molar-refractivity contribution in [2.24, 2.45) is 48.6 Å². The number of rotatable bonds is 6. The molecule has 0 unspecified atom stereocenters. The average Bonchev–Trinajstić information content (AvgIpc) is 3.44. The van der Waals surface area contributed by atoms with E-state index in [9.17, 15) is 0 Å². The van der Waals surface area contributed by atoms with E-state index in [1.165, 1.54) is 11.4 Å². The van der Waals surface area contributed by atoms with Gasteiger partial charge in [-0.2, -0.15) is 0 Å². The van der Waals surface area contributed by atoms with Crippen molar-refractivity contribution in [3.05, 3.63) is 61.2 Å². The van der Waals surface area contributed by atoms with Gasteiger partial charge in [0.25, 0.3) is 0 Å². The Morgan fingerprint density at radius 3 is 1.24 bits per heavy atom. The summed E-state index contributed by atoms with van der Waals surface area (Å²) in [6.07, 6.45) is 3.42. The van der Waals surface area contributed by atoms with Gasteiger partial charge in [-0.25, -0.2) is 9.13 Å². The smallest absolute Gasteiger partial charge is 0.403 e. The van der Waals surface area contributed by atoms with Crippen molar-refractivity contribution < 1.29 is 26.7 Å². The number of hydrogen-bond donors (Lipinski definition) is 0. The number of piperazine rings is 1. The number of anilines is 2. The molecule has 0 spiro atoms. The lowest BCUT2D eigenvalue weighted by Crippen LogP contribution is -2.46. The molecule has 4 aromatic rings. The molecule has 1 fully saturated rings. The third-order valence-corrected chi connectivity index (χ3v) is 6.23. The summed E-state index contributed by atoms with van der Waals surface area (Å²) >= 11 is 0. The van der Waals surface area contributed by atoms with Crippen LogP contribution in [-0.4, -0.2) is 63.3 Å². The van der Waals surface area contributed by atoms with E-state index in [4.69, 9.17) is 17.5 Å². The highest BCUT2D eigenvalue weighted by molar-refractivity contribution is 7.79. The van der Waals surface area contributed by atoms with Crippen molar-refractivity contribution in [1.82, 2.24) is 19.6 Å². The molecule has 0 bridgehead atoms. The van der Waals surface area contributed by atoms with Gasteiger partial charge in [-0.1, -0.05) is 10.2 Å². The third-order valence-electron chi connectivity index (χ3n) is 6.23. The van der Waals surface area contributed by atoms with Crippen molar-refractivity contribution in [1.29, 1.82) is 0 Å². The van der Waals surface area contributed by atoms with E-state index >= 15 is 0 Å². The summed E-state index contributed by atoms with van der Waals surface area (Å²) in [5.74, 6) is 1.38. The topological polar surface area (TPSA) is 180 Å². The number of nitrogens with zero attached hydrogens (tertiary/aromatic N) is 12. The first kappa shape index (κ1) is 29.4. The second kappa shape index (κ2) is 12.7. The molecule has 0 aliphatic carbocycles. The Hall–Kier alpha value is -4.61. The van der Waals surface area contributed by atoms with E-state index in [2.05, 4.69) is 64.7 Å². The summed E-state index contributed by atoms with van der Waals surface area (Å²) in [7, 11) is 2.32. The molecule has 3 heterocycles. The Labute approximate surface area is 237 Å². The Balaban J connectivity index is 0.000000714. The molecule has 1 aliphatic rings. The number of hydrogen-bond acceptors (Lipinski definition) is 12. The van der Waals surface area contributed by atoms with E-state index in [-0.39, 0.29) is 0 Å². The zero-order chi connectivity index (χ0) is 29.6. The molecular weight excluding hydrogens is 552 g/mol. The van der Waals surface area contributed by atoms with Gasteiger partial charge in [0, 0.05) is 58.2 Å². The number of aromatic nitrogens is 6. The minimum absolute atomic E-state index is 0.689. The lowest BCUT2D eigenvalue weighted by Gasteiger charge is -2.37. The van der Waals surface area contributed by atoms with Gasteiger partial charge in [-0.15, -0.1) is 9.36 Å². The highest BCUT2D eigenvalue weighted by atomic mass is 32.3. The van der Waals surface area contributed by atoms with Crippen LogP contribution in [0.3, 0.4) is 0 Å². The molecule has 2 aromatic carbocycles. The number of azo groups is 2. The molecule has 1 aliphatic heterocycles. The molecule has 0 saturated carbocycles. The first-order chi connectivity index (χ1) is 19.5. The van der Waals surface area contributed by atoms with E-state index in [0.717, 1.165) is 37.6 Å². The quantitative estimate of drug-likeness (QED) is 0.142. The van der Waals surface area contributed by atoms with Crippen LogP contribution in [0, 0.1) is 0 Å². The summed E-state index contributed by atoms with van der Waals surface area (Å²) in [4.78, 5) is 4.80. The van der Waals surface area contributed by atoms with Crippen molar-refractivity contribution in [2.75, 3.05) is 36.0 Å². The van der Waals surface area contributed by atoms with E-state index < -0.39 is 10.4 Å². The van der Waals surface area contributed by atoms with Gasteiger partial charge < -0.3 is 18.9 Å². The average molecular weight is 583 g/mol. The molecule has 2 aromatic heterocycles. The van der Waals surface area contributed by atoms with E-state index in [1.807, 2.05) is 61.6 Å². The van der Waals surface area contributed by atoms with Crippen molar-refractivity contribution >= 4 is 45.0 Å². The zero-order valence-electron chi connectivity index (χ0n) is 23.0. The summed E-state index contributed by atoms with van der Waals surface area (Å²) < 4.78 is 41.1. The van der Waals surface area contributed by atoms with Crippen LogP contribution in [0.25, 0.3) is 0 Å². The predicted octanol–water partition coefficient (Wildman–Crippen LogP) is 1.62. The third kappa shape index (κ3) is 8.19. The van der Waals surface area contributed by atoms with Crippen LogP contribution in [0.5, 0.6) is 0 Å². The van der Waals surface area contributed by atoms with Crippen LogP contribution in [0.2, 0.25) is 0 Å². The van der Waals surface area contributed by atoms with Gasteiger partial charge in [-0.05, 0) is 58.7 Å². The lowest BCUT2D eigenvalue weighted by atomic mass is 10.2. The second-order valence-electron chi connectivity index (χ2n) is 9.15. The maximum atomic E-state index is 8.52. The molecule has 1 saturated heterocycles. The fourth-order valence-corrected chi connectivity index (χ4v) is 4.13.